The van der Waals surface area contributed by atoms with Crippen molar-refractivity contribution in [1.29, 1.82) is 0 Å². The zero-order chi connectivity index (χ0) is 31.1. The molecule has 0 saturated carbocycles. The second kappa shape index (κ2) is 14.0. The Labute approximate surface area is 258 Å². The summed E-state index contributed by atoms with van der Waals surface area (Å²) in [5.74, 6) is 1.12. The van der Waals surface area contributed by atoms with E-state index in [0.717, 1.165) is 60.0 Å². The number of aryl methyl sites for hydroxylation is 2. The third kappa shape index (κ3) is 8.19. The smallest absolute Gasteiger partial charge is 0.406 e. The molecule has 3 aromatic carbocycles. The molecule has 230 valence electrons. The van der Waals surface area contributed by atoms with Crippen molar-refractivity contribution in [3.05, 3.63) is 90.3 Å². The molecule has 2 amide bonds. The molecule has 1 aliphatic rings. The molecule has 1 unspecified atom stereocenters. The normalized spacial score (nSPS) is 15.3. The highest BCUT2D eigenvalue weighted by Crippen LogP contribution is 2.29. The first-order valence-electron chi connectivity index (χ1n) is 14.4. The minimum absolute atomic E-state index is 0.0678. The minimum atomic E-state index is -4.74. The number of urea groups is 1. The number of hydrogen-bond acceptors (Lipinski definition) is 5. The van der Waals surface area contributed by atoms with Crippen molar-refractivity contribution in [2.45, 2.75) is 51.9 Å². The molecule has 1 atom stereocenters. The number of amides is 2. The first-order valence-corrected chi connectivity index (χ1v) is 15.4. The van der Waals surface area contributed by atoms with Crippen LogP contribution in [0.3, 0.4) is 0 Å². The number of thioether (sulfide) groups is 1. The van der Waals surface area contributed by atoms with E-state index in [1.807, 2.05) is 43.3 Å². The van der Waals surface area contributed by atoms with Crippen LogP contribution in [-0.2, 0) is 12.8 Å². The number of nitrogens with zero attached hydrogens (tertiary/aromatic N) is 5. The van der Waals surface area contributed by atoms with Crippen LogP contribution in [0.25, 0.3) is 17.1 Å². The molecule has 0 aliphatic carbocycles. The quantitative estimate of drug-likeness (QED) is 0.209. The molecule has 1 aliphatic heterocycles. The van der Waals surface area contributed by atoms with E-state index in [1.165, 1.54) is 40.8 Å². The number of carbonyl (C=O) groups is 1. The van der Waals surface area contributed by atoms with Gasteiger partial charge in [-0.2, -0.15) is 4.99 Å². The van der Waals surface area contributed by atoms with E-state index in [2.05, 4.69) is 49.1 Å². The average molecular weight is 623 g/mol. The van der Waals surface area contributed by atoms with Crippen LogP contribution in [0, 0.1) is 0 Å². The molecule has 1 fully saturated rings. The monoisotopic (exact) mass is 622 g/mol. The summed E-state index contributed by atoms with van der Waals surface area (Å²) in [4.78, 5) is 23.8. The number of anilines is 1. The lowest BCUT2D eigenvalue weighted by molar-refractivity contribution is -0.274. The Morgan fingerprint density at radius 3 is 2.57 bits per heavy atom. The molecule has 2 heterocycles. The lowest BCUT2D eigenvalue weighted by Crippen LogP contribution is -2.37. The van der Waals surface area contributed by atoms with Crippen molar-refractivity contribution in [2.24, 2.45) is 4.99 Å². The van der Waals surface area contributed by atoms with Gasteiger partial charge >= 0.3 is 12.4 Å². The van der Waals surface area contributed by atoms with E-state index in [9.17, 15) is 18.0 Å². The van der Waals surface area contributed by atoms with E-state index in [1.54, 1.807) is 11.8 Å². The lowest BCUT2D eigenvalue weighted by atomic mass is 10.0. The molecule has 8 nitrogen and oxygen atoms in total. The predicted molar refractivity (Wildman–Crippen MR) is 167 cm³/mol. The summed E-state index contributed by atoms with van der Waals surface area (Å²) in [7, 11) is 0. The van der Waals surface area contributed by atoms with Gasteiger partial charge in [0.05, 0.1) is 5.69 Å². The number of ether oxygens (including phenoxy) is 1. The molecule has 44 heavy (non-hydrogen) atoms. The number of para-hydroxylation sites is 1. The third-order valence-corrected chi connectivity index (χ3v) is 8.19. The predicted octanol–water partition coefficient (Wildman–Crippen LogP) is 7.43. The Morgan fingerprint density at radius 1 is 1.09 bits per heavy atom. The van der Waals surface area contributed by atoms with Crippen LogP contribution < -0.4 is 15.0 Å². The fraction of sp³-hybridized carbons (Fsp3) is 0.312. The van der Waals surface area contributed by atoms with Crippen LogP contribution in [-0.4, -0.2) is 50.7 Å². The van der Waals surface area contributed by atoms with Crippen molar-refractivity contribution in [3.8, 4) is 22.8 Å². The van der Waals surface area contributed by atoms with Gasteiger partial charge < -0.3 is 15.0 Å². The van der Waals surface area contributed by atoms with Crippen LogP contribution in [0.5, 0.6) is 5.75 Å². The van der Waals surface area contributed by atoms with E-state index < -0.39 is 6.36 Å². The number of benzene rings is 3. The molecular formula is C32H33F3N6O2S. The fourth-order valence-electron chi connectivity index (χ4n) is 4.87. The summed E-state index contributed by atoms with van der Waals surface area (Å²) in [6.07, 6.45) is 0.214. The SMILES string of the molecule is CCc1ccccc1N1CCCS/C1=N\C(=O)NC(C)CCc1ccc(-c2ncn(-c3ccc(OC(F)(F)F)cc3)n2)cc1. The Bertz CT molecular complexity index is 1590. The van der Waals surface area contributed by atoms with Gasteiger partial charge in [-0.15, -0.1) is 18.3 Å². The molecule has 0 bridgehead atoms. The van der Waals surface area contributed by atoms with Gasteiger partial charge in [-0.05, 0) is 74.1 Å². The number of hydrogen-bond donors (Lipinski definition) is 1. The van der Waals surface area contributed by atoms with Crippen molar-refractivity contribution >= 4 is 28.6 Å². The van der Waals surface area contributed by atoms with Gasteiger partial charge in [0.15, 0.2) is 11.0 Å². The zero-order valence-corrected chi connectivity index (χ0v) is 25.2. The second-order valence-corrected chi connectivity index (χ2v) is 11.4. The number of alkyl halides is 3. The molecule has 1 saturated heterocycles. The first-order chi connectivity index (χ1) is 21.2. The maximum Gasteiger partial charge on any atom is 0.573 e. The van der Waals surface area contributed by atoms with Crippen molar-refractivity contribution in [2.75, 3.05) is 17.2 Å². The summed E-state index contributed by atoms with van der Waals surface area (Å²) in [5.41, 5.74) is 4.81. The maximum absolute atomic E-state index is 12.8. The van der Waals surface area contributed by atoms with Gasteiger partial charge in [0.2, 0.25) is 0 Å². The fourth-order valence-corrected chi connectivity index (χ4v) is 5.82. The van der Waals surface area contributed by atoms with Crippen LogP contribution >= 0.6 is 11.8 Å². The van der Waals surface area contributed by atoms with Crippen molar-refractivity contribution in [1.82, 2.24) is 20.1 Å². The van der Waals surface area contributed by atoms with E-state index in [0.29, 0.717) is 11.5 Å². The molecule has 1 N–H and O–H groups in total. The van der Waals surface area contributed by atoms with Gasteiger partial charge in [-0.3, -0.25) is 0 Å². The van der Waals surface area contributed by atoms with E-state index in [-0.39, 0.29) is 17.8 Å². The van der Waals surface area contributed by atoms with Gasteiger partial charge in [-0.25, -0.2) is 14.5 Å². The average Bonchev–Trinajstić information content (AvgIpc) is 3.50. The summed E-state index contributed by atoms with van der Waals surface area (Å²) >= 11 is 1.61. The number of rotatable bonds is 9. The number of aliphatic imine (C=N–C) groups is 1. The van der Waals surface area contributed by atoms with Crippen LogP contribution in [0.4, 0.5) is 23.7 Å². The Balaban J connectivity index is 1.14. The van der Waals surface area contributed by atoms with Crippen LogP contribution in [0.1, 0.15) is 37.8 Å². The summed E-state index contributed by atoms with van der Waals surface area (Å²) in [6, 6.07) is 21.1. The number of aromatic nitrogens is 3. The maximum atomic E-state index is 12.8. The molecule has 5 rings (SSSR count). The van der Waals surface area contributed by atoms with Crippen LogP contribution in [0.2, 0.25) is 0 Å². The molecule has 0 radical (unpaired) electrons. The van der Waals surface area contributed by atoms with E-state index in [4.69, 9.17) is 0 Å². The third-order valence-electron chi connectivity index (χ3n) is 7.12. The summed E-state index contributed by atoms with van der Waals surface area (Å²) in [6.45, 7) is 4.94. The number of amidine groups is 1. The minimum Gasteiger partial charge on any atom is -0.406 e. The van der Waals surface area contributed by atoms with Gasteiger partial charge in [0, 0.05) is 29.6 Å². The van der Waals surface area contributed by atoms with Gasteiger partial charge in [0.1, 0.15) is 12.1 Å². The summed E-state index contributed by atoms with van der Waals surface area (Å²) in [5, 5.41) is 8.20. The van der Waals surface area contributed by atoms with Gasteiger partial charge in [-0.1, -0.05) is 61.2 Å². The second-order valence-electron chi connectivity index (χ2n) is 10.4. The Kier molecular flexibility index (Phi) is 9.89. The van der Waals surface area contributed by atoms with E-state index >= 15 is 0 Å². The molecule has 4 aromatic rings. The van der Waals surface area contributed by atoms with Crippen molar-refractivity contribution < 1.29 is 22.7 Å². The Morgan fingerprint density at radius 2 is 1.84 bits per heavy atom. The molecule has 12 heteroatoms. The van der Waals surface area contributed by atoms with Gasteiger partial charge in [0.25, 0.3) is 0 Å². The number of carbonyl (C=O) groups excluding carboxylic acids is 1. The standard InChI is InChI=1S/C32H33F3N6O2S/c1-3-24-7-4-5-8-28(24)40-19-6-20-44-31(40)38-30(42)37-22(2)9-10-23-11-13-25(14-12-23)29-36-21-41(39-29)26-15-17-27(18-16-26)43-32(33,34)35/h4-5,7-8,11-18,21-22H,3,6,9-10,19-20H2,1-2H3,(H,37,42)/b38-31-. The highest BCUT2D eigenvalue weighted by molar-refractivity contribution is 8.14. The highest BCUT2D eigenvalue weighted by atomic mass is 32.2. The number of nitrogens with one attached hydrogen (secondary N) is 1. The molecule has 0 spiro atoms. The van der Waals surface area contributed by atoms with Crippen LogP contribution in [0.15, 0.2) is 84.1 Å². The highest BCUT2D eigenvalue weighted by Gasteiger charge is 2.31. The topological polar surface area (TPSA) is 84.6 Å². The lowest BCUT2D eigenvalue weighted by Gasteiger charge is -2.31. The van der Waals surface area contributed by atoms with Crippen molar-refractivity contribution in [3.63, 3.8) is 0 Å². The zero-order valence-electron chi connectivity index (χ0n) is 24.4. The molecular weight excluding hydrogens is 589 g/mol. The summed E-state index contributed by atoms with van der Waals surface area (Å²) < 4.78 is 42.6. The Hall–Kier alpha value is -4.32. The number of halogens is 3. The molecule has 1 aromatic heterocycles. The largest absolute Gasteiger partial charge is 0.573 e. The first kappa shape index (κ1) is 31.1.